The molecule has 1 fully saturated rings. The largest absolute Gasteiger partial charge is 0.450 e. The summed E-state index contributed by atoms with van der Waals surface area (Å²) in [6, 6.07) is 4.24. The molecule has 0 unspecified atom stereocenters. The van der Waals surface area contributed by atoms with E-state index < -0.39 is 53.5 Å². The van der Waals surface area contributed by atoms with Gasteiger partial charge in [-0.3, -0.25) is 19.5 Å². The van der Waals surface area contributed by atoms with E-state index in [4.69, 9.17) is 9.47 Å². The first-order valence-corrected chi connectivity index (χ1v) is 11.8. The topological polar surface area (TPSA) is 151 Å². The van der Waals surface area contributed by atoms with Crippen LogP contribution in [0.25, 0.3) is 0 Å². The highest BCUT2D eigenvalue weighted by Crippen LogP contribution is 2.28. The first kappa shape index (κ1) is 28.1. The lowest BCUT2D eigenvalue weighted by atomic mass is 10.2. The van der Waals surface area contributed by atoms with Crippen LogP contribution in [0.5, 0.6) is 0 Å². The van der Waals surface area contributed by atoms with Gasteiger partial charge in [-0.1, -0.05) is 0 Å². The van der Waals surface area contributed by atoms with E-state index in [9.17, 15) is 28.0 Å². The van der Waals surface area contributed by atoms with Crippen molar-refractivity contribution < 1.29 is 37.4 Å². The molecule has 204 valence electrons. The average molecular weight is 535 g/mol. The third kappa shape index (κ3) is 7.51. The zero-order chi connectivity index (χ0) is 27.7. The van der Waals surface area contributed by atoms with Gasteiger partial charge in [-0.25, -0.2) is 18.4 Å². The molecule has 0 aliphatic carbocycles. The van der Waals surface area contributed by atoms with Gasteiger partial charge in [0.2, 0.25) is 5.91 Å². The van der Waals surface area contributed by atoms with E-state index in [1.807, 2.05) is 0 Å². The number of nitrogens with one attached hydrogen (secondary N) is 4. The van der Waals surface area contributed by atoms with Gasteiger partial charge in [0.25, 0.3) is 5.91 Å². The van der Waals surface area contributed by atoms with Gasteiger partial charge in [-0.05, 0) is 26.0 Å². The number of alkyl carbamates (subject to hydrolysis) is 1. The molecule has 2 heterocycles. The number of rotatable bonds is 11. The van der Waals surface area contributed by atoms with Crippen molar-refractivity contribution in [3.05, 3.63) is 53.9 Å². The standard InChI is InChI=1S/C24H28F2N6O6/c1-3-37-23(35)30-12-17-13-32(24(36)38-17)16-9-18(25)20(19(26)10-16)28-7-8-29-21(33)14(2)31-22(34)15-5-4-6-27-11-15/h4-6,9-11,14,17,28H,3,7-8,12-13H2,1-2H3,(H,29,33)(H,30,35)(H,31,34)/t14-,17-/m0/s1. The number of aromatic nitrogens is 1. The summed E-state index contributed by atoms with van der Waals surface area (Å²) in [5.74, 6) is -2.86. The number of nitrogens with zero attached hydrogens (tertiary/aromatic N) is 2. The highest BCUT2D eigenvalue weighted by atomic mass is 19.1. The maximum absolute atomic E-state index is 14.7. The number of benzene rings is 1. The number of amides is 4. The molecule has 2 atom stereocenters. The van der Waals surface area contributed by atoms with Gasteiger partial charge in [-0.2, -0.15) is 0 Å². The minimum absolute atomic E-state index is 0.0141. The number of hydrogen-bond acceptors (Lipinski definition) is 8. The van der Waals surface area contributed by atoms with Gasteiger partial charge < -0.3 is 30.7 Å². The molecule has 38 heavy (non-hydrogen) atoms. The van der Waals surface area contributed by atoms with Crippen LogP contribution in [-0.2, 0) is 14.3 Å². The number of hydrogen-bond donors (Lipinski definition) is 4. The molecule has 0 bridgehead atoms. The third-order valence-corrected chi connectivity index (χ3v) is 5.35. The summed E-state index contributed by atoms with van der Waals surface area (Å²) >= 11 is 0. The zero-order valence-corrected chi connectivity index (χ0v) is 20.8. The van der Waals surface area contributed by atoms with E-state index in [0.29, 0.717) is 5.56 Å². The lowest BCUT2D eigenvalue weighted by Crippen LogP contribution is -2.45. The molecule has 1 aliphatic heterocycles. The SMILES string of the molecule is CCOC(=O)NC[C@H]1CN(c2cc(F)c(NCCNC(=O)[C@H](C)NC(=O)c3cccnc3)c(F)c2)C(=O)O1. The third-order valence-electron chi connectivity index (χ3n) is 5.35. The van der Waals surface area contributed by atoms with E-state index in [-0.39, 0.29) is 38.5 Å². The fourth-order valence-corrected chi connectivity index (χ4v) is 3.47. The Morgan fingerprint density at radius 3 is 2.61 bits per heavy atom. The summed E-state index contributed by atoms with van der Waals surface area (Å²) in [5.41, 5.74) is -0.191. The Labute approximate surface area is 217 Å². The normalized spacial score (nSPS) is 15.3. The Morgan fingerprint density at radius 2 is 1.95 bits per heavy atom. The molecule has 1 aliphatic rings. The van der Waals surface area contributed by atoms with E-state index in [2.05, 4.69) is 26.3 Å². The second-order valence-electron chi connectivity index (χ2n) is 8.16. The number of pyridine rings is 1. The van der Waals surface area contributed by atoms with Gasteiger partial charge in [0, 0.05) is 37.6 Å². The molecular formula is C24H28F2N6O6. The Kier molecular flexibility index (Phi) is 9.73. The monoisotopic (exact) mass is 534 g/mol. The first-order chi connectivity index (χ1) is 18.2. The lowest BCUT2D eigenvalue weighted by Gasteiger charge is -2.17. The molecule has 0 radical (unpaired) electrons. The summed E-state index contributed by atoms with van der Waals surface area (Å²) in [6.45, 7) is 3.26. The van der Waals surface area contributed by atoms with Crippen LogP contribution in [0, 0.1) is 11.6 Å². The van der Waals surface area contributed by atoms with Crippen molar-refractivity contribution in [3.63, 3.8) is 0 Å². The Morgan fingerprint density at radius 1 is 1.21 bits per heavy atom. The summed E-state index contributed by atoms with van der Waals surface area (Å²) in [7, 11) is 0. The highest BCUT2D eigenvalue weighted by molar-refractivity contribution is 5.97. The Hall–Kier alpha value is -4.49. The van der Waals surface area contributed by atoms with Crippen molar-refractivity contribution >= 4 is 35.4 Å². The molecule has 4 amide bonds. The van der Waals surface area contributed by atoms with E-state index in [1.54, 1.807) is 19.1 Å². The minimum Gasteiger partial charge on any atom is -0.450 e. The molecule has 12 nitrogen and oxygen atoms in total. The lowest BCUT2D eigenvalue weighted by molar-refractivity contribution is -0.122. The molecular weight excluding hydrogens is 506 g/mol. The van der Waals surface area contributed by atoms with Crippen LogP contribution in [0.2, 0.25) is 0 Å². The van der Waals surface area contributed by atoms with Gasteiger partial charge in [-0.15, -0.1) is 0 Å². The molecule has 2 aromatic rings. The number of cyclic esters (lactones) is 1. The van der Waals surface area contributed by atoms with Gasteiger partial charge in [0.1, 0.15) is 17.8 Å². The van der Waals surface area contributed by atoms with E-state index in [0.717, 1.165) is 17.0 Å². The molecule has 1 aromatic heterocycles. The molecule has 1 saturated heterocycles. The Bertz CT molecular complexity index is 1150. The molecule has 1 aromatic carbocycles. The van der Waals surface area contributed by atoms with E-state index in [1.165, 1.54) is 19.3 Å². The molecule has 0 saturated carbocycles. The summed E-state index contributed by atoms with van der Waals surface area (Å²) in [6.07, 6.45) is 0.675. The maximum atomic E-state index is 14.7. The smallest absolute Gasteiger partial charge is 0.414 e. The highest BCUT2D eigenvalue weighted by Gasteiger charge is 2.33. The van der Waals surface area contributed by atoms with Crippen LogP contribution >= 0.6 is 0 Å². The number of carbonyl (C=O) groups excluding carboxylic acids is 4. The summed E-state index contributed by atoms with van der Waals surface area (Å²) in [5, 5.41) is 10.1. The second-order valence-corrected chi connectivity index (χ2v) is 8.16. The number of anilines is 2. The van der Waals surface area contributed by atoms with Crippen LogP contribution in [0.3, 0.4) is 0 Å². The summed E-state index contributed by atoms with van der Waals surface area (Å²) in [4.78, 5) is 52.8. The molecule has 0 spiro atoms. The summed E-state index contributed by atoms with van der Waals surface area (Å²) < 4.78 is 39.2. The molecule has 3 rings (SSSR count). The van der Waals surface area contributed by atoms with E-state index >= 15 is 0 Å². The van der Waals surface area contributed by atoms with Crippen LogP contribution in [0.4, 0.5) is 29.7 Å². The predicted octanol–water partition coefficient (Wildman–Crippen LogP) is 1.78. The number of carbonyl (C=O) groups is 4. The van der Waals surface area contributed by atoms with Gasteiger partial charge in [0.05, 0.1) is 30.9 Å². The van der Waals surface area contributed by atoms with Crippen LogP contribution in [0.1, 0.15) is 24.2 Å². The Balaban J connectivity index is 1.47. The predicted molar refractivity (Wildman–Crippen MR) is 132 cm³/mol. The molecule has 14 heteroatoms. The van der Waals surface area contributed by atoms with Crippen LogP contribution in [0.15, 0.2) is 36.7 Å². The van der Waals surface area contributed by atoms with Crippen molar-refractivity contribution in [3.8, 4) is 0 Å². The van der Waals surface area contributed by atoms with Crippen molar-refractivity contribution in [2.75, 3.05) is 43.0 Å². The zero-order valence-electron chi connectivity index (χ0n) is 20.8. The minimum atomic E-state index is -0.954. The van der Waals surface area contributed by atoms with Crippen molar-refractivity contribution in [1.82, 2.24) is 20.9 Å². The second kappa shape index (κ2) is 13.2. The van der Waals surface area contributed by atoms with Crippen LogP contribution in [-0.4, -0.2) is 73.9 Å². The fraction of sp³-hybridized carbons (Fsp3) is 0.375. The van der Waals surface area contributed by atoms with Crippen molar-refractivity contribution in [2.45, 2.75) is 26.0 Å². The van der Waals surface area contributed by atoms with Gasteiger partial charge >= 0.3 is 12.2 Å². The van der Waals surface area contributed by atoms with Crippen molar-refractivity contribution in [2.24, 2.45) is 0 Å². The van der Waals surface area contributed by atoms with Crippen molar-refractivity contribution in [1.29, 1.82) is 0 Å². The fourth-order valence-electron chi connectivity index (χ4n) is 3.47. The number of halogens is 2. The molecule has 4 N–H and O–H groups in total. The first-order valence-electron chi connectivity index (χ1n) is 11.8. The quantitative estimate of drug-likeness (QED) is 0.319. The van der Waals surface area contributed by atoms with Gasteiger partial charge in [0.15, 0.2) is 11.6 Å². The number of ether oxygens (including phenoxy) is 2. The average Bonchev–Trinajstić information content (AvgIpc) is 3.27. The van der Waals surface area contributed by atoms with Crippen LogP contribution < -0.4 is 26.2 Å². The maximum Gasteiger partial charge on any atom is 0.414 e.